The van der Waals surface area contributed by atoms with E-state index in [1.165, 1.54) is 30.4 Å². The molecule has 2 aliphatic rings. The molecule has 4 rings (SSSR count). The number of benzene rings is 2. The number of ketones is 1. The van der Waals surface area contributed by atoms with E-state index in [1.807, 2.05) is 24.3 Å². The van der Waals surface area contributed by atoms with E-state index >= 15 is 0 Å². The van der Waals surface area contributed by atoms with Crippen LogP contribution in [0.2, 0.25) is 0 Å². The molecule has 24 heavy (non-hydrogen) atoms. The summed E-state index contributed by atoms with van der Waals surface area (Å²) < 4.78 is 0. The summed E-state index contributed by atoms with van der Waals surface area (Å²) in [6, 6.07) is 16.5. The van der Waals surface area contributed by atoms with Crippen molar-refractivity contribution in [2.24, 2.45) is 0 Å². The predicted molar refractivity (Wildman–Crippen MR) is 103 cm³/mol. The third-order valence-corrected chi connectivity index (χ3v) is 5.25. The number of likely N-dealkylation sites (tertiary alicyclic amines) is 1. The lowest BCUT2D eigenvalue weighted by Gasteiger charge is -2.27. The van der Waals surface area contributed by atoms with Crippen molar-refractivity contribution in [3.05, 3.63) is 70.8 Å². The Labute approximate surface area is 154 Å². The first kappa shape index (κ1) is 17.4. The maximum absolute atomic E-state index is 13.3. The molecule has 2 aromatic carbocycles. The van der Waals surface area contributed by atoms with Gasteiger partial charge in [0.25, 0.3) is 0 Å². The summed E-state index contributed by atoms with van der Waals surface area (Å²) in [5, 5.41) is 0. The Kier molecular flexibility index (Phi) is 5.52. The van der Waals surface area contributed by atoms with Crippen LogP contribution >= 0.6 is 17.0 Å². The van der Waals surface area contributed by atoms with Crippen molar-refractivity contribution in [3.8, 4) is 0 Å². The molecule has 1 atom stereocenters. The Balaban J connectivity index is 0.00000169. The van der Waals surface area contributed by atoms with Gasteiger partial charge in [0.15, 0.2) is 5.78 Å². The highest BCUT2D eigenvalue weighted by atomic mass is 79.9. The van der Waals surface area contributed by atoms with Gasteiger partial charge in [0.1, 0.15) is 0 Å². The zero-order chi connectivity index (χ0) is 15.6. The first-order valence-corrected chi connectivity index (χ1v) is 8.78. The normalized spacial score (nSPS) is 18.0. The smallest absolute Gasteiger partial charge is 0.184 e. The molecule has 1 heterocycles. The summed E-state index contributed by atoms with van der Waals surface area (Å²) in [5.41, 5.74) is 4.81. The summed E-state index contributed by atoms with van der Waals surface area (Å²) in [4.78, 5) is 15.6. The maximum atomic E-state index is 13.3. The fourth-order valence-corrected chi connectivity index (χ4v) is 4.05. The predicted octanol–water partition coefficient (Wildman–Crippen LogP) is 4.77. The first-order chi connectivity index (χ1) is 11.3. The standard InChI is InChI=1S/C21H23NO.BrH/c23-21(19-12-11-16-9-6-10-18(16)15-19)20(22-13-4-5-14-22)17-7-2-1-3-8-17;/h1-3,7-8,11-12,15,20H,4-6,9-10,13-14H2;1H. The summed E-state index contributed by atoms with van der Waals surface area (Å²) in [6.07, 6.45) is 5.90. The number of hydrogen-bond acceptors (Lipinski definition) is 2. The Bertz CT molecular complexity index is 707. The number of rotatable bonds is 4. The van der Waals surface area contributed by atoms with Crippen molar-refractivity contribution in [1.82, 2.24) is 4.90 Å². The molecule has 1 saturated heterocycles. The van der Waals surface area contributed by atoms with E-state index in [4.69, 9.17) is 0 Å². The molecule has 1 aliphatic heterocycles. The zero-order valence-corrected chi connectivity index (χ0v) is 15.6. The van der Waals surface area contributed by atoms with Gasteiger partial charge in [-0.15, -0.1) is 17.0 Å². The molecule has 3 heteroatoms. The van der Waals surface area contributed by atoms with Crippen molar-refractivity contribution in [2.45, 2.75) is 38.1 Å². The minimum absolute atomic E-state index is 0. The van der Waals surface area contributed by atoms with Crippen LogP contribution in [0, 0.1) is 0 Å². The van der Waals surface area contributed by atoms with Crippen molar-refractivity contribution < 1.29 is 4.79 Å². The molecule has 1 fully saturated rings. The fraction of sp³-hybridized carbons (Fsp3) is 0.381. The molecule has 0 radical (unpaired) electrons. The number of halogens is 1. The third kappa shape index (κ3) is 3.33. The molecule has 0 spiro atoms. The van der Waals surface area contributed by atoms with Crippen LogP contribution in [0.1, 0.15) is 52.4 Å². The Morgan fingerprint density at radius 3 is 2.33 bits per heavy atom. The number of Topliss-reactive ketones (excluding diaryl/α,β-unsaturated/α-hetero) is 1. The molecule has 0 saturated carbocycles. The minimum atomic E-state index is -0.127. The topological polar surface area (TPSA) is 20.3 Å². The molecule has 126 valence electrons. The van der Waals surface area contributed by atoms with Gasteiger partial charge in [-0.05, 0) is 68.0 Å². The lowest BCUT2D eigenvalue weighted by atomic mass is 9.94. The number of hydrogen-bond donors (Lipinski definition) is 0. The quantitative estimate of drug-likeness (QED) is 0.706. The highest BCUT2D eigenvalue weighted by molar-refractivity contribution is 8.93. The molecule has 2 nitrogen and oxygen atoms in total. The summed E-state index contributed by atoms with van der Waals surface area (Å²) in [5.74, 6) is 0.257. The van der Waals surface area contributed by atoms with Crippen LogP contribution < -0.4 is 0 Å². The second-order valence-electron chi connectivity index (χ2n) is 6.76. The summed E-state index contributed by atoms with van der Waals surface area (Å²) in [7, 11) is 0. The van der Waals surface area contributed by atoms with Crippen LogP contribution in [0.4, 0.5) is 0 Å². The maximum Gasteiger partial charge on any atom is 0.184 e. The van der Waals surface area contributed by atoms with Crippen LogP contribution in [-0.4, -0.2) is 23.8 Å². The highest BCUT2D eigenvalue weighted by Crippen LogP contribution is 2.30. The number of fused-ring (bicyclic) bond motifs is 1. The largest absolute Gasteiger partial charge is 0.292 e. The monoisotopic (exact) mass is 385 g/mol. The lowest BCUT2D eigenvalue weighted by Crippen LogP contribution is -2.32. The average molecular weight is 386 g/mol. The van der Waals surface area contributed by atoms with Gasteiger partial charge in [0.05, 0.1) is 6.04 Å². The van der Waals surface area contributed by atoms with Crippen LogP contribution in [0.3, 0.4) is 0 Å². The van der Waals surface area contributed by atoms with Crippen molar-refractivity contribution in [1.29, 1.82) is 0 Å². The fourth-order valence-electron chi connectivity index (χ4n) is 4.05. The van der Waals surface area contributed by atoms with Gasteiger partial charge in [-0.1, -0.05) is 42.5 Å². The van der Waals surface area contributed by atoms with E-state index in [0.29, 0.717) is 0 Å². The van der Waals surface area contributed by atoms with E-state index in [-0.39, 0.29) is 28.8 Å². The van der Waals surface area contributed by atoms with Gasteiger partial charge >= 0.3 is 0 Å². The third-order valence-electron chi connectivity index (χ3n) is 5.25. The second kappa shape index (κ2) is 7.62. The van der Waals surface area contributed by atoms with Crippen molar-refractivity contribution >= 4 is 22.8 Å². The average Bonchev–Trinajstić information content (AvgIpc) is 3.27. The van der Waals surface area contributed by atoms with Crippen LogP contribution in [0.5, 0.6) is 0 Å². The summed E-state index contributed by atoms with van der Waals surface area (Å²) in [6.45, 7) is 2.05. The van der Waals surface area contributed by atoms with E-state index in [2.05, 4.69) is 29.2 Å². The Morgan fingerprint density at radius 2 is 1.58 bits per heavy atom. The summed E-state index contributed by atoms with van der Waals surface area (Å²) >= 11 is 0. The number of carbonyl (C=O) groups is 1. The van der Waals surface area contributed by atoms with Gasteiger partial charge in [0.2, 0.25) is 0 Å². The SMILES string of the molecule is Br.O=C(c1ccc2c(c1)CCC2)C(c1ccccc1)N1CCCC1. The van der Waals surface area contributed by atoms with Gasteiger partial charge in [-0.25, -0.2) is 0 Å². The molecule has 1 aliphatic carbocycles. The van der Waals surface area contributed by atoms with Crippen molar-refractivity contribution in [3.63, 3.8) is 0 Å². The van der Waals surface area contributed by atoms with E-state index < -0.39 is 0 Å². The van der Waals surface area contributed by atoms with E-state index in [9.17, 15) is 4.79 Å². The number of nitrogens with zero attached hydrogens (tertiary/aromatic N) is 1. The van der Waals surface area contributed by atoms with Gasteiger partial charge < -0.3 is 0 Å². The lowest BCUT2D eigenvalue weighted by molar-refractivity contribution is 0.0848. The molecular weight excluding hydrogens is 362 g/mol. The van der Waals surface area contributed by atoms with Crippen LogP contribution in [-0.2, 0) is 12.8 Å². The van der Waals surface area contributed by atoms with Gasteiger partial charge in [0, 0.05) is 5.56 Å². The van der Waals surface area contributed by atoms with E-state index in [0.717, 1.165) is 37.1 Å². The van der Waals surface area contributed by atoms with Gasteiger partial charge in [-0.2, -0.15) is 0 Å². The van der Waals surface area contributed by atoms with Crippen molar-refractivity contribution in [2.75, 3.05) is 13.1 Å². The molecule has 0 bridgehead atoms. The number of carbonyl (C=O) groups excluding carboxylic acids is 1. The van der Waals surface area contributed by atoms with Gasteiger partial charge in [-0.3, -0.25) is 9.69 Å². The minimum Gasteiger partial charge on any atom is -0.292 e. The Morgan fingerprint density at radius 1 is 0.875 bits per heavy atom. The Hall–Kier alpha value is -1.45. The molecule has 2 aromatic rings. The number of aryl methyl sites for hydroxylation is 2. The first-order valence-electron chi connectivity index (χ1n) is 8.78. The molecule has 0 aromatic heterocycles. The van der Waals surface area contributed by atoms with Crippen LogP contribution in [0.25, 0.3) is 0 Å². The molecular formula is C21H24BrNO. The second-order valence-corrected chi connectivity index (χ2v) is 6.76. The zero-order valence-electron chi connectivity index (χ0n) is 13.9. The van der Waals surface area contributed by atoms with Crippen LogP contribution in [0.15, 0.2) is 48.5 Å². The molecule has 0 N–H and O–H groups in total. The van der Waals surface area contributed by atoms with E-state index in [1.54, 1.807) is 0 Å². The molecule has 0 amide bonds. The highest BCUT2D eigenvalue weighted by Gasteiger charge is 2.30. The molecule has 1 unspecified atom stereocenters.